The van der Waals surface area contributed by atoms with Crippen LogP contribution in [0.4, 0.5) is 5.69 Å². The van der Waals surface area contributed by atoms with Crippen molar-refractivity contribution in [3.63, 3.8) is 0 Å². The van der Waals surface area contributed by atoms with Crippen LogP contribution >= 0.6 is 0 Å². The molecular formula is C43H77N5O14. The first kappa shape index (κ1) is 56.7. The van der Waals surface area contributed by atoms with Gasteiger partial charge in [0, 0.05) is 24.8 Å². The summed E-state index contributed by atoms with van der Waals surface area (Å²) in [4.78, 5) is 50.3. The third kappa shape index (κ3) is 33.2. The van der Waals surface area contributed by atoms with Crippen molar-refractivity contribution in [3.05, 3.63) is 29.8 Å². The number of benzene rings is 1. The van der Waals surface area contributed by atoms with Gasteiger partial charge in [0.05, 0.1) is 118 Å². The second-order valence-electron chi connectivity index (χ2n) is 14.9. The Morgan fingerprint density at radius 2 is 0.935 bits per heavy atom. The highest BCUT2D eigenvalue weighted by atomic mass is 16.6. The van der Waals surface area contributed by atoms with Crippen LogP contribution in [0.25, 0.3) is 0 Å². The summed E-state index contributed by atoms with van der Waals surface area (Å²) < 4.78 is 54.6. The van der Waals surface area contributed by atoms with E-state index in [1.807, 2.05) is 26.0 Å². The number of ether oxygens (including phenoxy) is 10. The topological polar surface area (TPSA) is 221 Å². The van der Waals surface area contributed by atoms with Crippen LogP contribution in [-0.2, 0) is 73.2 Å². The Morgan fingerprint density at radius 3 is 1.37 bits per heavy atom. The van der Waals surface area contributed by atoms with Gasteiger partial charge in [0.2, 0.25) is 23.6 Å². The first-order valence-corrected chi connectivity index (χ1v) is 21.7. The van der Waals surface area contributed by atoms with Crippen molar-refractivity contribution in [3.8, 4) is 0 Å². The first-order valence-electron chi connectivity index (χ1n) is 21.7. The second kappa shape index (κ2) is 38.1. The van der Waals surface area contributed by atoms with Crippen LogP contribution in [0.15, 0.2) is 24.3 Å². The Balaban J connectivity index is 1.95. The monoisotopic (exact) mass is 888 g/mol. The minimum Gasteiger partial charge on any atom is -0.378 e. The summed E-state index contributed by atoms with van der Waals surface area (Å²) in [6, 6.07) is 5.90. The van der Waals surface area contributed by atoms with Gasteiger partial charge in [-0.2, -0.15) is 0 Å². The smallest absolute Gasteiger partial charge is 0.246 e. The lowest BCUT2D eigenvalue weighted by Gasteiger charge is -2.23. The molecule has 0 heterocycles. The summed E-state index contributed by atoms with van der Waals surface area (Å²) in [5.41, 5.74) is 1.55. The van der Waals surface area contributed by atoms with Crippen LogP contribution in [0, 0.1) is 5.92 Å². The van der Waals surface area contributed by atoms with Crippen LogP contribution in [0.5, 0.6) is 0 Å². The molecule has 19 heteroatoms. The van der Waals surface area contributed by atoms with Gasteiger partial charge in [-0.05, 0) is 44.4 Å². The van der Waals surface area contributed by atoms with Crippen LogP contribution < -0.4 is 26.6 Å². The molecule has 358 valence electrons. The van der Waals surface area contributed by atoms with Gasteiger partial charge in [-0.3, -0.25) is 19.2 Å². The Kier molecular flexibility index (Phi) is 34.9. The predicted molar refractivity (Wildman–Crippen MR) is 233 cm³/mol. The molecule has 0 unspecified atom stereocenters. The van der Waals surface area contributed by atoms with Gasteiger partial charge in [0.25, 0.3) is 0 Å². The maximum absolute atomic E-state index is 13.0. The lowest BCUT2D eigenvalue weighted by Crippen LogP contribution is -2.54. The number of carbonyl (C=O) groups is 4. The van der Waals surface area contributed by atoms with Crippen molar-refractivity contribution >= 4 is 29.3 Å². The minimum atomic E-state index is -0.922. The highest BCUT2D eigenvalue weighted by Crippen LogP contribution is 2.12. The summed E-state index contributed by atoms with van der Waals surface area (Å²) in [7, 11) is 0. The zero-order valence-electron chi connectivity index (χ0n) is 38.3. The Bertz CT molecular complexity index is 1290. The first-order chi connectivity index (χ1) is 29.9. The SMILES string of the molecule is CC(C)NCCOCCOCCOCCOCCOCCOCCOCCOCCNC(=O)COCC(=O)N[C@H](C(=O)N[C@@H](C)C(=O)Nc1ccc(COC(C)C)cc1)C(C)C. The van der Waals surface area contributed by atoms with Gasteiger partial charge in [0.1, 0.15) is 25.3 Å². The van der Waals surface area contributed by atoms with Crippen LogP contribution in [0.1, 0.15) is 54.0 Å². The zero-order chi connectivity index (χ0) is 45.6. The van der Waals surface area contributed by atoms with E-state index >= 15 is 0 Å². The maximum Gasteiger partial charge on any atom is 0.246 e. The third-order valence-corrected chi connectivity index (χ3v) is 8.26. The molecule has 0 aromatic heterocycles. The van der Waals surface area contributed by atoms with E-state index in [-0.39, 0.29) is 31.8 Å². The lowest BCUT2D eigenvalue weighted by atomic mass is 10.0. The van der Waals surface area contributed by atoms with Crippen LogP contribution in [0.3, 0.4) is 0 Å². The number of anilines is 1. The van der Waals surface area contributed by atoms with Gasteiger partial charge < -0.3 is 74.0 Å². The van der Waals surface area contributed by atoms with Crippen molar-refractivity contribution < 1.29 is 66.5 Å². The van der Waals surface area contributed by atoms with E-state index in [2.05, 4.69) is 40.4 Å². The van der Waals surface area contributed by atoms with Gasteiger partial charge >= 0.3 is 0 Å². The van der Waals surface area contributed by atoms with E-state index in [1.54, 1.807) is 32.9 Å². The highest BCUT2D eigenvalue weighted by Gasteiger charge is 2.27. The lowest BCUT2D eigenvalue weighted by molar-refractivity contribution is -0.135. The van der Waals surface area contributed by atoms with Crippen LogP contribution in [-0.4, -0.2) is 180 Å². The summed E-state index contributed by atoms with van der Waals surface area (Å²) in [5.74, 6) is -2.22. The number of rotatable bonds is 41. The molecule has 2 atom stereocenters. The third-order valence-electron chi connectivity index (χ3n) is 8.26. The quantitative estimate of drug-likeness (QED) is 0.0588. The molecule has 0 bridgehead atoms. The van der Waals surface area contributed by atoms with E-state index in [1.165, 1.54) is 0 Å². The summed E-state index contributed by atoms with van der Waals surface area (Å²) in [6.45, 7) is 21.4. The van der Waals surface area contributed by atoms with E-state index < -0.39 is 42.3 Å². The molecule has 0 spiro atoms. The predicted octanol–water partition coefficient (Wildman–Crippen LogP) is 1.46. The van der Waals surface area contributed by atoms with E-state index in [0.717, 1.165) is 12.1 Å². The standard InChI is InChI=1S/C43H77N5O14/c1-33(2)41(43(52)46-36(7)42(51)47-38-10-8-37(9-11-38)30-62-35(5)6)48-40(50)32-61-31-39(49)45-13-15-54-17-19-56-21-23-58-25-27-60-29-28-59-26-24-57-22-20-55-18-16-53-14-12-44-34(3)4/h8-11,33-36,41,44H,12-32H2,1-7H3,(H,45,49)(H,46,52)(H,47,51)(H,48,50)/t36-,41-/m0/s1. The van der Waals surface area contributed by atoms with Crippen molar-refractivity contribution in [1.29, 1.82) is 0 Å². The number of nitrogens with one attached hydrogen (secondary N) is 5. The number of amides is 4. The summed E-state index contributed by atoms with van der Waals surface area (Å²) in [6.07, 6.45) is 0.108. The summed E-state index contributed by atoms with van der Waals surface area (Å²) in [5, 5.41) is 14.0. The zero-order valence-corrected chi connectivity index (χ0v) is 38.3. The fraction of sp³-hybridized carbons (Fsp3) is 0.767. The fourth-order valence-electron chi connectivity index (χ4n) is 4.93. The highest BCUT2D eigenvalue weighted by molar-refractivity contribution is 5.98. The molecule has 0 saturated heterocycles. The summed E-state index contributed by atoms with van der Waals surface area (Å²) >= 11 is 0. The van der Waals surface area contributed by atoms with Gasteiger partial charge in [-0.15, -0.1) is 0 Å². The molecular weight excluding hydrogens is 810 g/mol. The fourth-order valence-corrected chi connectivity index (χ4v) is 4.93. The molecule has 4 amide bonds. The average Bonchev–Trinajstić information content (AvgIpc) is 3.23. The van der Waals surface area contributed by atoms with Crippen molar-refractivity contribution in [1.82, 2.24) is 21.3 Å². The molecule has 0 saturated carbocycles. The molecule has 1 rings (SSSR count). The molecule has 0 fully saturated rings. The van der Waals surface area contributed by atoms with Gasteiger partial charge in [-0.1, -0.05) is 39.8 Å². The Hall–Kier alpha value is -3.34. The average molecular weight is 888 g/mol. The molecule has 62 heavy (non-hydrogen) atoms. The molecule has 0 radical (unpaired) electrons. The Morgan fingerprint density at radius 1 is 0.500 bits per heavy atom. The van der Waals surface area contributed by atoms with Crippen molar-refractivity contribution in [2.75, 3.05) is 137 Å². The number of hydrogen-bond acceptors (Lipinski definition) is 15. The molecule has 19 nitrogen and oxygen atoms in total. The molecule has 0 aliphatic carbocycles. The molecule has 1 aromatic carbocycles. The number of carbonyl (C=O) groups excluding carboxylic acids is 4. The van der Waals surface area contributed by atoms with Crippen LogP contribution in [0.2, 0.25) is 0 Å². The van der Waals surface area contributed by atoms with Crippen molar-refractivity contribution in [2.24, 2.45) is 5.92 Å². The molecule has 5 N–H and O–H groups in total. The van der Waals surface area contributed by atoms with Crippen molar-refractivity contribution in [2.45, 2.75) is 79.3 Å². The molecule has 0 aliphatic heterocycles. The van der Waals surface area contributed by atoms with Gasteiger partial charge in [-0.25, -0.2) is 0 Å². The normalized spacial score (nSPS) is 12.5. The number of hydrogen-bond donors (Lipinski definition) is 5. The van der Waals surface area contributed by atoms with E-state index in [9.17, 15) is 19.2 Å². The minimum absolute atomic E-state index is 0.108. The van der Waals surface area contributed by atoms with E-state index in [4.69, 9.17) is 47.4 Å². The van der Waals surface area contributed by atoms with E-state index in [0.29, 0.717) is 117 Å². The second-order valence-corrected chi connectivity index (χ2v) is 14.9. The Labute approximate surface area is 368 Å². The molecule has 0 aliphatic rings. The largest absolute Gasteiger partial charge is 0.378 e. The maximum atomic E-state index is 13.0. The molecule has 1 aromatic rings. The van der Waals surface area contributed by atoms with Gasteiger partial charge in [0.15, 0.2) is 0 Å².